The average Bonchev–Trinajstić information content (AvgIpc) is 2.50. The highest BCUT2D eigenvalue weighted by atomic mass is 35.5. The molecule has 0 saturated heterocycles. The summed E-state index contributed by atoms with van der Waals surface area (Å²) in [6.45, 7) is 1.19. The Hall–Kier alpha value is -1.59. The Morgan fingerprint density at radius 3 is 2.52 bits per heavy atom. The molecular formula is C15H21ClN2O3. The fourth-order valence-corrected chi connectivity index (χ4v) is 1.81. The van der Waals surface area contributed by atoms with Crippen LogP contribution in [0.3, 0.4) is 0 Å². The highest BCUT2D eigenvalue weighted by Crippen LogP contribution is 2.10. The fraction of sp³-hybridized carbons (Fsp3) is 0.467. The number of hydrogen-bond acceptors (Lipinski definition) is 3. The molecule has 0 heterocycles. The van der Waals surface area contributed by atoms with E-state index in [2.05, 4.69) is 10.6 Å². The lowest BCUT2D eigenvalue weighted by Crippen LogP contribution is -2.25. The van der Waals surface area contributed by atoms with Crippen LogP contribution >= 0.6 is 11.6 Å². The van der Waals surface area contributed by atoms with E-state index in [1.165, 1.54) is 0 Å². The molecule has 0 saturated carbocycles. The monoisotopic (exact) mass is 312 g/mol. The third kappa shape index (κ3) is 7.11. The van der Waals surface area contributed by atoms with Crippen LogP contribution in [-0.4, -0.2) is 38.0 Å². The zero-order chi connectivity index (χ0) is 15.5. The Labute approximate surface area is 130 Å². The molecule has 5 nitrogen and oxygen atoms in total. The van der Waals surface area contributed by atoms with Crippen molar-refractivity contribution in [1.82, 2.24) is 5.32 Å². The summed E-state index contributed by atoms with van der Waals surface area (Å²) in [6.07, 6.45) is 1.82. The van der Waals surface area contributed by atoms with Gasteiger partial charge in [-0.3, -0.25) is 9.59 Å². The molecule has 2 N–H and O–H groups in total. The molecule has 21 heavy (non-hydrogen) atoms. The van der Waals surface area contributed by atoms with Gasteiger partial charge in [-0.25, -0.2) is 0 Å². The lowest BCUT2D eigenvalue weighted by Gasteiger charge is -2.07. The standard InChI is InChI=1S/C15H21ClN2O3/c1-21-11-3-10-17-15(20)12-5-7-13(8-6-12)18-14(19)4-2-9-16/h5-8H,2-4,9-11H2,1H3,(H,17,20)(H,18,19). The summed E-state index contributed by atoms with van der Waals surface area (Å²) in [5.41, 5.74) is 1.23. The number of carbonyl (C=O) groups is 2. The van der Waals surface area contributed by atoms with E-state index in [0.717, 1.165) is 6.42 Å². The largest absolute Gasteiger partial charge is 0.385 e. The molecule has 0 spiro atoms. The van der Waals surface area contributed by atoms with E-state index in [4.69, 9.17) is 16.3 Å². The summed E-state index contributed by atoms with van der Waals surface area (Å²) < 4.78 is 4.91. The Morgan fingerprint density at radius 2 is 1.90 bits per heavy atom. The van der Waals surface area contributed by atoms with Crippen LogP contribution in [0.1, 0.15) is 29.6 Å². The van der Waals surface area contributed by atoms with Crippen molar-refractivity contribution in [3.8, 4) is 0 Å². The summed E-state index contributed by atoms with van der Waals surface area (Å²) in [4.78, 5) is 23.4. The van der Waals surface area contributed by atoms with Crippen LogP contribution < -0.4 is 10.6 Å². The van der Waals surface area contributed by atoms with Crippen LogP contribution in [-0.2, 0) is 9.53 Å². The molecule has 0 fully saturated rings. The van der Waals surface area contributed by atoms with Gasteiger partial charge < -0.3 is 15.4 Å². The van der Waals surface area contributed by atoms with Crippen LogP contribution in [0.5, 0.6) is 0 Å². The highest BCUT2D eigenvalue weighted by molar-refractivity contribution is 6.18. The molecule has 116 valence electrons. The molecule has 1 aromatic rings. The predicted molar refractivity (Wildman–Crippen MR) is 83.9 cm³/mol. The molecule has 1 rings (SSSR count). The smallest absolute Gasteiger partial charge is 0.251 e. The first-order chi connectivity index (χ1) is 10.2. The number of ether oxygens (including phenoxy) is 1. The van der Waals surface area contributed by atoms with Gasteiger partial charge in [-0.15, -0.1) is 11.6 Å². The van der Waals surface area contributed by atoms with Gasteiger partial charge in [0.2, 0.25) is 5.91 Å². The van der Waals surface area contributed by atoms with E-state index < -0.39 is 0 Å². The second kappa shape index (κ2) is 10.2. The second-order valence-corrected chi connectivity index (χ2v) is 4.90. The SMILES string of the molecule is COCCCNC(=O)c1ccc(NC(=O)CCCCl)cc1. The van der Waals surface area contributed by atoms with E-state index in [0.29, 0.717) is 43.1 Å². The van der Waals surface area contributed by atoms with Gasteiger partial charge in [-0.05, 0) is 37.1 Å². The van der Waals surface area contributed by atoms with Gasteiger partial charge in [-0.2, -0.15) is 0 Å². The van der Waals surface area contributed by atoms with E-state index >= 15 is 0 Å². The minimum atomic E-state index is -0.133. The molecule has 0 aliphatic heterocycles. The quantitative estimate of drug-likeness (QED) is 0.543. The molecule has 1 aromatic carbocycles. The summed E-state index contributed by atoms with van der Waals surface area (Å²) in [5, 5.41) is 5.56. The number of rotatable bonds is 9. The van der Waals surface area contributed by atoms with Gasteiger partial charge in [0.1, 0.15) is 0 Å². The lowest BCUT2D eigenvalue weighted by atomic mass is 10.2. The third-order valence-electron chi connectivity index (χ3n) is 2.78. The minimum Gasteiger partial charge on any atom is -0.385 e. The van der Waals surface area contributed by atoms with Crippen molar-refractivity contribution in [1.29, 1.82) is 0 Å². The Balaban J connectivity index is 2.42. The second-order valence-electron chi connectivity index (χ2n) is 4.52. The summed E-state index contributed by atoms with van der Waals surface area (Å²) >= 11 is 5.53. The molecular weight excluding hydrogens is 292 g/mol. The highest BCUT2D eigenvalue weighted by Gasteiger charge is 2.06. The normalized spacial score (nSPS) is 10.2. The number of benzene rings is 1. The number of carbonyl (C=O) groups excluding carboxylic acids is 2. The average molecular weight is 313 g/mol. The molecule has 0 aliphatic rings. The molecule has 0 bridgehead atoms. The maximum atomic E-state index is 11.8. The van der Waals surface area contributed by atoms with Gasteiger partial charge >= 0.3 is 0 Å². The van der Waals surface area contributed by atoms with Gasteiger partial charge in [-0.1, -0.05) is 0 Å². The number of methoxy groups -OCH3 is 1. The van der Waals surface area contributed by atoms with Crippen LogP contribution in [0.2, 0.25) is 0 Å². The zero-order valence-electron chi connectivity index (χ0n) is 12.2. The van der Waals surface area contributed by atoms with Crippen molar-refractivity contribution in [2.24, 2.45) is 0 Å². The number of amides is 2. The first kappa shape index (κ1) is 17.5. The summed E-state index contributed by atoms with van der Waals surface area (Å²) in [5.74, 6) is 0.258. The van der Waals surface area contributed by atoms with Crippen molar-refractivity contribution < 1.29 is 14.3 Å². The van der Waals surface area contributed by atoms with Crippen molar-refractivity contribution in [3.63, 3.8) is 0 Å². The molecule has 0 atom stereocenters. The van der Waals surface area contributed by atoms with E-state index in [1.807, 2.05) is 0 Å². The lowest BCUT2D eigenvalue weighted by molar-refractivity contribution is -0.116. The minimum absolute atomic E-state index is 0.0765. The fourth-order valence-electron chi connectivity index (χ4n) is 1.68. The van der Waals surface area contributed by atoms with Crippen molar-refractivity contribution in [3.05, 3.63) is 29.8 Å². The summed E-state index contributed by atoms with van der Waals surface area (Å²) in [6, 6.07) is 6.79. The first-order valence-electron chi connectivity index (χ1n) is 6.90. The number of nitrogens with one attached hydrogen (secondary N) is 2. The van der Waals surface area contributed by atoms with Gasteiger partial charge in [0.25, 0.3) is 5.91 Å². The van der Waals surface area contributed by atoms with Crippen molar-refractivity contribution in [2.75, 3.05) is 31.5 Å². The molecule has 0 aliphatic carbocycles. The molecule has 6 heteroatoms. The van der Waals surface area contributed by atoms with Crippen LogP contribution in [0.4, 0.5) is 5.69 Å². The van der Waals surface area contributed by atoms with Gasteiger partial charge in [0.05, 0.1) is 0 Å². The zero-order valence-corrected chi connectivity index (χ0v) is 12.9. The van der Waals surface area contributed by atoms with Crippen LogP contribution in [0.25, 0.3) is 0 Å². The van der Waals surface area contributed by atoms with Crippen molar-refractivity contribution >= 4 is 29.1 Å². The predicted octanol–water partition coefficient (Wildman–Crippen LogP) is 2.41. The Morgan fingerprint density at radius 1 is 1.19 bits per heavy atom. The third-order valence-corrected chi connectivity index (χ3v) is 3.05. The molecule has 0 unspecified atom stereocenters. The molecule has 0 radical (unpaired) electrons. The number of halogens is 1. The maximum absolute atomic E-state index is 11.8. The number of hydrogen-bond donors (Lipinski definition) is 2. The molecule has 0 aromatic heterocycles. The Kier molecular flexibility index (Phi) is 8.47. The first-order valence-corrected chi connectivity index (χ1v) is 7.44. The van der Waals surface area contributed by atoms with Crippen molar-refractivity contribution in [2.45, 2.75) is 19.3 Å². The van der Waals surface area contributed by atoms with E-state index in [1.54, 1.807) is 31.4 Å². The van der Waals surface area contributed by atoms with Gasteiger partial charge in [0.15, 0.2) is 0 Å². The molecule has 2 amide bonds. The van der Waals surface area contributed by atoms with Gasteiger partial charge in [0, 0.05) is 43.8 Å². The van der Waals surface area contributed by atoms with E-state index in [9.17, 15) is 9.59 Å². The topological polar surface area (TPSA) is 67.4 Å². The Bertz CT molecular complexity index is 449. The maximum Gasteiger partial charge on any atom is 0.251 e. The van der Waals surface area contributed by atoms with E-state index in [-0.39, 0.29) is 11.8 Å². The number of alkyl halides is 1. The number of anilines is 1. The summed E-state index contributed by atoms with van der Waals surface area (Å²) in [7, 11) is 1.63. The van der Waals surface area contributed by atoms with Crippen LogP contribution in [0.15, 0.2) is 24.3 Å². The van der Waals surface area contributed by atoms with Crippen LogP contribution in [0, 0.1) is 0 Å².